The minimum absolute atomic E-state index is 0.0321. The molecule has 2 saturated heterocycles. The summed E-state index contributed by atoms with van der Waals surface area (Å²) >= 11 is 12.3. The second-order valence-electron chi connectivity index (χ2n) is 9.12. The number of hydrogen-bond acceptors (Lipinski definition) is 4. The third-order valence-corrected chi connectivity index (χ3v) is 7.32. The van der Waals surface area contributed by atoms with Crippen LogP contribution in [0.1, 0.15) is 26.3 Å². The van der Waals surface area contributed by atoms with Crippen molar-refractivity contribution in [3.63, 3.8) is 0 Å². The quantitative estimate of drug-likeness (QED) is 0.463. The van der Waals surface area contributed by atoms with Crippen molar-refractivity contribution < 1.29 is 14.3 Å². The van der Waals surface area contributed by atoms with Gasteiger partial charge in [-0.15, -0.1) is 0 Å². The van der Waals surface area contributed by atoms with E-state index in [0.29, 0.717) is 60.2 Å². The molecule has 2 aliphatic heterocycles. The topological polar surface area (TPSA) is 53.1 Å². The molecule has 0 spiro atoms. The molecule has 0 unspecified atom stereocenters. The molecule has 5 rings (SSSR count). The third-order valence-electron chi connectivity index (χ3n) is 6.77. The Morgan fingerprint density at radius 2 is 1.44 bits per heavy atom. The third kappa shape index (κ3) is 5.51. The maximum absolute atomic E-state index is 13.0. The molecule has 8 heteroatoms. The van der Waals surface area contributed by atoms with Crippen LogP contribution < -0.4 is 4.74 Å². The summed E-state index contributed by atoms with van der Waals surface area (Å²) in [7, 11) is 0. The van der Waals surface area contributed by atoms with E-state index in [9.17, 15) is 9.59 Å². The molecule has 186 valence electrons. The highest BCUT2D eigenvalue weighted by molar-refractivity contribution is 6.32. The van der Waals surface area contributed by atoms with E-state index < -0.39 is 0 Å². The van der Waals surface area contributed by atoms with Gasteiger partial charge in [0.1, 0.15) is 12.4 Å². The highest BCUT2D eigenvalue weighted by atomic mass is 35.5. The van der Waals surface area contributed by atoms with Crippen molar-refractivity contribution in [3.05, 3.63) is 99.5 Å². The summed E-state index contributed by atoms with van der Waals surface area (Å²) in [4.78, 5) is 31.8. The zero-order valence-electron chi connectivity index (χ0n) is 19.8. The molecule has 0 bridgehead atoms. The number of benzene rings is 3. The van der Waals surface area contributed by atoms with Crippen LogP contribution in [0, 0.1) is 0 Å². The van der Waals surface area contributed by atoms with Gasteiger partial charge in [-0.05, 0) is 48.0 Å². The van der Waals surface area contributed by atoms with Crippen LogP contribution in [0.25, 0.3) is 0 Å². The number of likely N-dealkylation sites (tertiary alicyclic amines) is 1. The summed E-state index contributed by atoms with van der Waals surface area (Å²) in [6, 6.07) is 22.3. The van der Waals surface area contributed by atoms with Gasteiger partial charge < -0.3 is 14.5 Å². The van der Waals surface area contributed by atoms with E-state index in [0.717, 1.165) is 24.2 Å². The van der Waals surface area contributed by atoms with Crippen LogP contribution in [0.5, 0.6) is 5.75 Å². The molecule has 0 radical (unpaired) electrons. The minimum atomic E-state index is -0.0321. The van der Waals surface area contributed by atoms with Crippen LogP contribution >= 0.6 is 23.2 Å². The second-order valence-corrected chi connectivity index (χ2v) is 9.96. The summed E-state index contributed by atoms with van der Waals surface area (Å²) in [5.41, 5.74) is 2.26. The van der Waals surface area contributed by atoms with E-state index in [2.05, 4.69) is 4.90 Å². The van der Waals surface area contributed by atoms with Crippen LogP contribution in [0.4, 0.5) is 0 Å². The van der Waals surface area contributed by atoms with Crippen LogP contribution in [-0.4, -0.2) is 71.8 Å². The molecule has 2 amide bonds. The first-order valence-electron chi connectivity index (χ1n) is 12.0. The average Bonchev–Trinajstić information content (AvgIpc) is 2.88. The zero-order valence-corrected chi connectivity index (χ0v) is 21.3. The van der Waals surface area contributed by atoms with Gasteiger partial charge in [-0.25, -0.2) is 0 Å². The van der Waals surface area contributed by atoms with Gasteiger partial charge in [0.05, 0.1) is 5.02 Å². The van der Waals surface area contributed by atoms with Crippen LogP contribution in [0.3, 0.4) is 0 Å². The van der Waals surface area contributed by atoms with E-state index in [1.165, 1.54) is 0 Å². The van der Waals surface area contributed by atoms with Crippen molar-refractivity contribution in [2.45, 2.75) is 12.6 Å². The van der Waals surface area contributed by atoms with E-state index in [1.54, 1.807) is 18.2 Å². The van der Waals surface area contributed by atoms with Gasteiger partial charge in [0.2, 0.25) is 0 Å². The van der Waals surface area contributed by atoms with Gasteiger partial charge in [0.15, 0.2) is 0 Å². The number of ether oxygens (including phenoxy) is 1. The van der Waals surface area contributed by atoms with Crippen molar-refractivity contribution >= 4 is 35.0 Å². The number of hydrogen-bond donors (Lipinski definition) is 0. The van der Waals surface area contributed by atoms with Gasteiger partial charge in [-0.2, -0.15) is 0 Å². The number of carbonyl (C=O) groups is 2. The van der Waals surface area contributed by atoms with Crippen LogP contribution in [-0.2, 0) is 6.61 Å². The number of rotatable bonds is 6. The zero-order chi connectivity index (χ0) is 25.1. The molecular weight excluding hydrogens is 497 g/mol. The Morgan fingerprint density at radius 1 is 0.778 bits per heavy atom. The van der Waals surface area contributed by atoms with Gasteiger partial charge in [-0.1, -0.05) is 53.5 Å². The lowest BCUT2D eigenvalue weighted by molar-refractivity contribution is 0.00853. The summed E-state index contributed by atoms with van der Waals surface area (Å²) in [6.45, 7) is 4.75. The van der Waals surface area contributed by atoms with Gasteiger partial charge >= 0.3 is 0 Å². The Balaban J connectivity index is 1.09. The molecule has 36 heavy (non-hydrogen) atoms. The standard InChI is InChI=1S/C28H27Cl2N3O3/c29-23-9-6-20(7-10-23)19-36-26-11-8-22(16-25(26)30)28(35)33-17-24(18-33)31-12-14-32(15-13-31)27(34)21-4-2-1-3-5-21/h1-11,16,24H,12-15,17-19H2. The molecule has 0 aromatic heterocycles. The highest BCUT2D eigenvalue weighted by Crippen LogP contribution is 2.28. The number of nitrogens with zero attached hydrogens (tertiary/aromatic N) is 3. The highest BCUT2D eigenvalue weighted by Gasteiger charge is 2.37. The first-order valence-corrected chi connectivity index (χ1v) is 12.8. The lowest BCUT2D eigenvalue weighted by Crippen LogP contribution is -2.64. The molecule has 3 aromatic rings. The first kappa shape index (κ1) is 24.6. The van der Waals surface area contributed by atoms with E-state index in [1.807, 2.05) is 64.4 Å². The van der Waals surface area contributed by atoms with Gasteiger partial charge in [0, 0.05) is 61.5 Å². The fraction of sp³-hybridized carbons (Fsp3) is 0.286. The van der Waals surface area contributed by atoms with E-state index in [-0.39, 0.29) is 11.8 Å². The van der Waals surface area contributed by atoms with E-state index >= 15 is 0 Å². The lowest BCUT2D eigenvalue weighted by atomic mass is 10.0. The fourth-order valence-electron chi connectivity index (χ4n) is 4.58. The van der Waals surface area contributed by atoms with Crippen molar-refractivity contribution in [2.75, 3.05) is 39.3 Å². The van der Waals surface area contributed by atoms with Crippen molar-refractivity contribution in [1.29, 1.82) is 0 Å². The Labute approximate surface area is 221 Å². The number of carbonyl (C=O) groups excluding carboxylic acids is 2. The summed E-state index contributed by atoms with van der Waals surface area (Å²) < 4.78 is 5.81. The molecule has 0 saturated carbocycles. The summed E-state index contributed by atoms with van der Waals surface area (Å²) in [5, 5.41) is 1.08. The van der Waals surface area contributed by atoms with Gasteiger partial charge in [-0.3, -0.25) is 14.5 Å². The molecule has 0 aliphatic carbocycles. The molecule has 3 aromatic carbocycles. The van der Waals surface area contributed by atoms with Crippen LogP contribution in [0.2, 0.25) is 10.0 Å². The lowest BCUT2D eigenvalue weighted by Gasteiger charge is -2.48. The number of amides is 2. The van der Waals surface area contributed by atoms with Crippen molar-refractivity contribution in [1.82, 2.24) is 14.7 Å². The maximum atomic E-state index is 13.0. The molecule has 2 heterocycles. The van der Waals surface area contributed by atoms with Crippen molar-refractivity contribution in [3.8, 4) is 5.75 Å². The van der Waals surface area contributed by atoms with Crippen LogP contribution in [0.15, 0.2) is 72.8 Å². The van der Waals surface area contributed by atoms with Gasteiger partial charge in [0.25, 0.3) is 11.8 Å². The Bertz CT molecular complexity index is 1220. The monoisotopic (exact) mass is 523 g/mol. The van der Waals surface area contributed by atoms with Crippen molar-refractivity contribution in [2.24, 2.45) is 0 Å². The predicted molar refractivity (Wildman–Crippen MR) is 141 cm³/mol. The predicted octanol–water partition coefficient (Wildman–Crippen LogP) is 4.85. The Morgan fingerprint density at radius 3 is 2.11 bits per heavy atom. The second kappa shape index (κ2) is 10.9. The summed E-state index contributed by atoms with van der Waals surface area (Å²) in [5.74, 6) is 0.584. The summed E-state index contributed by atoms with van der Waals surface area (Å²) in [6.07, 6.45) is 0. The smallest absolute Gasteiger partial charge is 0.254 e. The molecule has 0 atom stereocenters. The molecule has 2 aliphatic rings. The number of halogens is 2. The van der Waals surface area contributed by atoms with E-state index in [4.69, 9.17) is 27.9 Å². The Kier molecular flexibility index (Phi) is 7.46. The molecule has 0 N–H and O–H groups in total. The number of piperazine rings is 1. The SMILES string of the molecule is O=C(c1ccccc1)N1CCN(C2CN(C(=O)c3ccc(OCc4ccc(Cl)cc4)c(Cl)c3)C2)CC1. The minimum Gasteiger partial charge on any atom is -0.487 e. The first-order chi connectivity index (χ1) is 17.5. The molecular formula is C28H27Cl2N3O3. The largest absolute Gasteiger partial charge is 0.487 e. The molecule has 2 fully saturated rings. The Hall–Kier alpha value is -3.06. The fourth-order valence-corrected chi connectivity index (χ4v) is 4.94. The average molecular weight is 524 g/mol. The molecule has 6 nitrogen and oxygen atoms in total. The maximum Gasteiger partial charge on any atom is 0.254 e. The normalized spacial score (nSPS) is 16.5.